The van der Waals surface area contributed by atoms with Crippen LogP contribution in [0.5, 0.6) is 0 Å². The molecule has 0 atom stereocenters. The largest absolute Gasteiger partial charge is 0.423 e. The van der Waals surface area contributed by atoms with Crippen molar-refractivity contribution in [2.24, 2.45) is 0 Å². The molecule has 1 aromatic heterocycles. The highest BCUT2D eigenvalue weighted by atomic mass is 19.1. The summed E-state index contributed by atoms with van der Waals surface area (Å²) < 4.78 is 24.5. The Bertz CT molecular complexity index is 951. The smallest absolute Gasteiger partial charge is 0.336 e. The van der Waals surface area contributed by atoms with Crippen molar-refractivity contribution in [2.45, 2.75) is 20.0 Å². The molecule has 26 heavy (non-hydrogen) atoms. The molecule has 4 nitrogen and oxygen atoms in total. The van der Waals surface area contributed by atoms with Crippen LogP contribution >= 0.6 is 0 Å². The molecule has 0 N–H and O–H groups in total. The van der Waals surface area contributed by atoms with Gasteiger partial charge in [0.15, 0.2) is 0 Å². The van der Waals surface area contributed by atoms with Crippen LogP contribution in [-0.2, 0) is 17.8 Å². The van der Waals surface area contributed by atoms with Crippen LogP contribution in [-0.4, -0.2) is 25.2 Å². The lowest BCUT2D eigenvalue weighted by molar-refractivity contribution is 0.139. The molecular formula is C21H22FNO3. The first-order valence-electron chi connectivity index (χ1n) is 8.55. The number of hydrogen-bond acceptors (Lipinski definition) is 4. The Labute approximate surface area is 151 Å². The number of nitrogens with zero attached hydrogens (tertiary/aromatic N) is 1. The molecule has 136 valence electrons. The van der Waals surface area contributed by atoms with Gasteiger partial charge in [-0.1, -0.05) is 30.3 Å². The van der Waals surface area contributed by atoms with E-state index in [1.165, 1.54) is 12.1 Å². The van der Waals surface area contributed by atoms with Crippen LogP contribution in [0.1, 0.15) is 16.7 Å². The number of halogens is 1. The van der Waals surface area contributed by atoms with Crippen molar-refractivity contribution in [3.8, 4) is 0 Å². The zero-order valence-corrected chi connectivity index (χ0v) is 15.0. The van der Waals surface area contributed by atoms with Gasteiger partial charge in [-0.15, -0.1) is 0 Å². The molecule has 2 aromatic carbocycles. The molecule has 0 unspecified atom stereocenters. The lowest BCUT2D eigenvalue weighted by Gasteiger charge is -2.22. The molecule has 0 saturated heterocycles. The average Bonchev–Trinajstić information content (AvgIpc) is 2.61. The van der Waals surface area contributed by atoms with Crippen LogP contribution in [0.25, 0.3) is 11.0 Å². The van der Waals surface area contributed by atoms with Crippen LogP contribution in [0.15, 0.2) is 57.7 Å². The van der Waals surface area contributed by atoms with E-state index < -0.39 is 0 Å². The molecule has 0 spiro atoms. The highest BCUT2D eigenvalue weighted by Crippen LogP contribution is 2.20. The second-order valence-electron chi connectivity index (χ2n) is 6.37. The maximum atomic E-state index is 14.0. The van der Waals surface area contributed by atoms with Crippen molar-refractivity contribution < 1.29 is 13.5 Å². The van der Waals surface area contributed by atoms with Crippen molar-refractivity contribution in [3.63, 3.8) is 0 Å². The molecule has 0 amide bonds. The summed E-state index contributed by atoms with van der Waals surface area (Å²) in [5.41, 5.74) is 2.76. The van der Waals surface area contributed by atoms with Gasteiger partial charge < -0.3 is 9.15 Å². The van der Waals surface area contributed by atoms with Crippen LogP contribution in [0.4, 0.5) is 4.39 Å². The molecule has 1 heterocycles. The second kappa shape index (κ2) is 8.25. The summed E-state index contributed by atoms with van der Waals surface area (Å²) in [6, 6.07) is 14.1. The Balaban J connectivity index is 1.85. The first-order chi connectivity index (χ1) is 12.6. The SMILES string of the molecule is COCCN(Cc1ccc2c(C)cc(=O)oc2c1)Cc1ccccc1F. The number of fused-ring (bicyclic) bond motifs is 1. The average molecular weight is 355 g/mol. The maximum Gasteiger partial charge on any atom is 0.336 e. The quantitative estimate of drug-likeness (QED) is 0.603. The van der Waals surface area contributed by atoms with Gasteiger partial charge in [-0.25, -0.2) is 9.18 Å². The van der Waals surface area contributed by atoms with Gasteiger partial charge in [-0.2, -0.15) is 0 Å². The molecule has 0 saturated carbocycles. The normalized spacial score (nSPS) is 11.4. The monoisotopic (exact) mass is 355 g/mol. The van der Waals surface area contributed by atoms with E-state index in [0.29, 0.717) is 37.4 Å². The zero-order valence-electron chi connectivity index (χ0n) is 15.0. The molecule has 0 aliphatic rings. The Morgan fingerprint density at radius 2 is 1.92 bits per heavy atom. The summed E-state index contributed by atoms with van der Waals surface area (Å²) in [5, 5.41) is 0.922. The van der Waals surface area contributed by atoms with Gasteiger partial charge in [0, 0.05) is 43.8 Å². The lowest BCUT2D eigenvalue weighted by atomic mass is 10.1. The number of methoxy groups -OCH3 is 1. The van der Waals surface area contributed by atoms with Crippen molar-refractivity contribution in [3.05, 3.63) is 81.5 Å². The van der Waals surface area contributed by atoms with Crippen molar-refractivity contribution >= 4 is 11.0 Å². The number of ether oxygens (including phenoxy) is 1. The number of aryl methyl sites for hydroxylation is 1. The lowest BCUT2D eigenvalue weighted by Crippen LogP contribution is -2.27. The summed E-state index contributed by atoms with van der Waals surface area (Å²) in [4.78, 5) is 13.7. The molecule has 0 aliphatic carbocycles. The molecular weight excluding hydrogens is 333 g/mol. The highest BCUT2D eigenvalue weighted by molar-refractivity contribution is 5.80. The number of hydrogen-bond donors (Lipinski definition) is 0. The standard InChI is InChI=1S/C21H22FNO3/c1-15-11-21(24)26-20-12-16(7-8-18(15)20)13-23(9-10-25-2)14-17-5-3-4-6-19(17)22/h3-8,11-12H,9-10,13-14H2,1-2H3. The van der Waals surface area contributed by atoms with Gasteiger partial charge in [0.25, 0.3) is 0 Å². The maximum absolute atomic E-state index is 14.0. The number of rotatable bonds is 7. The molecule has 5 heteroatoms. The molecule has 3 rings (SSSR count). The molecule has 3 aromatic rings. The fraction of sp³-hybridized carbons (Fsp3) is 0.286. The van der Waals surface area contributed by atoms with Crippen LogP contribution in [0, 0.1) is 12.7 Å². The van der Waals surface area contributed by atoms with Crippen LogP contribution in [0.2, 0.25) is 0 Å². The summed E-state index contributed by atoms with van der Waals surface area (Å²) in [6.45, 7) is 4.19. The van der Waals surface area contributed by atoms with Crippen molar-refractivity contribution in [1.29, 1.82) is 0 Å². The minimum Gasteiger partial charge on any atom is -0.423 e. The summed E-state index contributed by atoms with van der Waals surface area (Å²) in [6.07, 6.45) is 0. The Kier molecular flexibility index (Phi) is 5.81. The predicted molar refractivity (Wildman–Crippen MR) is 99.6 cm³/mol. The van der Waals surface area contributed by atoms with E-state index in [1.54, 1.807) is 19.2 Å². The van der Waals surface area contributed by atoms with E-state index in [-0.39, 0.29) is 11.4 Å². The third-order valence-electron chi connectivity index (χ3n) is 4.39. The van der Waals surface area contributed by atoms with Gasteiger partial charge in [0.1, 0.15) is 11.4 Å². The van der Waals surface area contributed by atoms with Gasteiger partial charge >= 0.3 is 5.63 Å². The van der Waals surface area contributed by atoms with Gasteiger partial charge in [0.2, 0.25) is 0 Å². The minimum absolute atomic E-state index is 0.213. The van der Waals surface area contributed by atoms with Gasteiger partial charge in [-0.05, 0) is 30.2 Å². The summed E-state index contributed by atoms with van der Waals surface area (Å²) >= 11 is 0. The number of benzene rings is 2. The first-order valence-corrected chi connectivity index (χ1v) is 8.55. The topological polar surface area (TPSA) is 42.7 Å². The summed E-state index contributed by atoms with van der Waals surface area (Å²) in [7, 11) is 1.65. The summed E-state index contributed by atoms with van der Waals surface area (Å²) in [5.74, 6) is -0.213. The Morgan fingerprint density at radius 1 is 1.12 bits per heavy atom. The predicted octanol–water partition coefficient (Wildman–Crippen LogP) is 3.89. The minimum atomic E-state index is -0.352. The fourth-order valence-corrected chi connectivity index (χ4v) is 3.03. The van der Waals surface area contributed by atoms with Crippen LogP contribution in [0.3, 0.4) is 0 Å². The van der Waals surface area contributed by atoms with E-state index in [0.717, 1.165) is 16.5 Å². The molecule has 0 aliphatic heterocycles. The van der Waals surface area contributed by atoms with Crippen molar-refractivity contribution in [2.75, 3.05) is 20.3 Å². The fourth-order valence-electron chi connectivity index (χ4n) is 3.03. The molecule has 0 bridgehead atoms. The zero-order chi connectivity index (χ0) is 18.5. The van der Waals surface area contributed by atoms with E-state index >= 15 is 0 Å². The third-order valence-corrected chi connectivity index (χ3v) is 4.39. The van der Waals surface area contributed by atoms with E-state index in [1.807, 2.05) is 31.2 Å². The van der Waals surface area contributed by atoms with Crippen molar-refractivity contribution in [1.82, 2.24) is 4.90 Å². The van der Waals surface area contributed by atoms with Crippen LogP contribution < -0.4 is 5.63 Å². The van der Waals surface area contributed by atoms with Gasteiger partial charge in [0.05, 0.1) is 6.61 Å². The first kappa shape index (κ1) is 18.3. The van der Waals surface area contributed by atoms with E-state index in [9.17, 15) is 9.18 Å². The Morgan fingerprint density at radius 3 is 2.69 bits per heavy atom. The molecule has 0 fully saturated rings. The highest BCUT2D eigenvalue weighted by Gasteiger charge is 2.11. The second-order valence-corrected chi connectivity index (χ2v) is 6.37. The Hall–Kier alpha value is -2.50. The van der Waals surface area contributed by atoms with E-state index in [2.05, 4.69) is 4.90 Å². The molecule has 0 radical (unpaired) electrons. The van der Waals surface area contributed by atoms with E-state index in [4.69, 9.17) is 9.15 Å². The third kappa shape index (κ3) is 4.36. The van der Waals surface area contributed by atoms with Gasteiger partial charge in [-0.3, -0.25) is 4.90 Å².